The van der Waals surface area contributed by atoms with E-state index in [9.17, 15) is 13.2 Å². The summed E-state index contributed by atoms with van der Waals surface area (Å²) in [5, 5.41) is 0. The average Bonchev–Trinajstić information content (AvgIpc) is 3.41. The number of nitrogens with one attached hydrogen (secondary N) is 1. The predicted octanol–water partition coefficient (Wildman–Crippen LogP) is 1.62. The number of aromatic nitrogens is 2. The highest BCUT2D eigenvalue weighted by Crippen LogP contribution is 2.37. The molecule has 2 saturated heterocycles. The molecule has 2 aromatic carbocycles. The molecule has 0 radical (unpaired) electrons. The van der Waals surface area contributed by atoms with Gasteiger partial charge >= 0.3 is 0 Å². The fourth-order valence-corrected chi connectivity index (χ4v) is 6.05. The largest absolute Gasteiger partial charge is 0.366 e. The first-order chi connectivity index (χ1) is 13.8. The van der Waals surface area contributed by atoms with Gasteiger partial charge in [-0.3, -0.25) is 4.79 Å². The van der Waals surface area contributed by atoms with Gasteiger partial charge in [0, 0.05) is 25.2 Å². The number of anilines is 1. The molecular weight excluding hydrogens is 390 g/mol. The Morgan fingerprint density at radius 1 is 1.14 bits per heavy atom. The van der Waals surface area contributed by atoms with Gasteiger partial charge in [0.2, 0.25) is 16.0 Å². The number of amides is 1. The van der Waals surface area contributed by atoms with Crippen LogP contribution in [0, 0.1) is 6.92 Å². The van der Waals surface area contributed by atoms with Crippen LogP contribution >= 0.6 is 0 Å². The summed E-state index contributed by atoms with van der Waals surface area (Å²) in [6.07, 6.45) is 0.755. The molecule has 0 unspecified atom stereocenters. The number of nitrogens with zero attached hydrogens (tertiary/aromatic N) is 3. The Morgan fingerprint density at radius 3 is 2.55 bits per heavy atom. The number of aryl methyl sites for hydroxylation is 1. The van der Waals surface area contributed by atoms with Crippen LogP contribution in [0.2, 0.25) is 0 Å². The quantitative estimate of drug-likeness (QED) is 0.677. The number of sulfonamides is 1. The molecule has 0 saturated carbocycles. The van der Waals surface area contributed by atoms with E-state index in [0.717, 1.165) is 17.5 Å². The summed E-state index contributed by atoms with van der Waals surface area (Å²) < 4.78 is 27.8. The van der Waals surface area contributed by atoms with Crippen LogP contribution in [0.1, 0.15) is 22.3 Å². The van der Waals surface area contributed by atoms with Crippen molar-refractivity contribution in [1.82, 2.24) is 14.3 Å². The zero-order valence-corrected chi connectivity index (χ0v) is 16.7. The number of primary amides is 1. The highest BCUT2D eigenvalue weighted by molar-refractivity contribution is 7.89. The summed E-state index contributed by atoms with van der Waals surface area (Å²) in [4.78, 5) is 21.9. The van der Waals surface area contributed by atoms with Crippen molar-refractivity contribution in [3.8, 4) is 0 Å². The Labute approximate surface area is 168 Å². The molecule has 2 aliphatic heterocycles. The van der Waals surface area contributed by atoms with Crippen LogP contribution in [-0.4, -0.2) is 53.8 Å². The van der Waals surface area contributed by atoms with Crippen LogP contribution in [0.5, 0.6) is 0 Å². The van der Waals surface area contributed by atoms with E-state index in [4.69, 9.17) is 5.73 Å². The molecule has 150 valence electrons. The third-order valence-electron chi connectivity index (χ3n) is 5.86. The van der Waals surface area contributed by atoms with Gasteiger partial charge in [0.15, 0.2) is 0 Å². The molecule has 9 heteroatoms. The lowest BCUT2D eigenvalue weighted by Gasteiger charge is -2.33. The van der Waals surface area contributed by atoms with Crippen molar-refractivity contribution in [2.45, 2.75) is 30.3 Å². The molecular formula is C20H21N5O3S. The summed E-state index contributed by atoms with van der Waals surface area (Å²) in [5.74, 6) is 0.126. The molecule has 2 bridgehead atoms. The molecule has 0 spiro atoms. The van der Waals surface area contributed by atoms with Crippen molar-refractivity contribution in [2.75, 3.05) is 18.0 Å². The lowest BCUT2D eigenvalue weighted by molar-refractivity contribution is 0.100. The van der Waals surface area contributed by atoms with Crippen molar-refractivity contribution in [3.63, 3.8) is 0 Å². The Morgan fingerprint density at radius 2 is 1.90 bits per heavy atom. The maximum Gasteiger partial charge on any atom is 0.250 e. The highest BCUT2D eigenvalue weighted by Gasteiger charge is 2.49. The fourth-order valence-electron chi connectivity index (χ4n) is 4.38. The molecule has 0 aliphatic carbocycles. The molecule has 5 rings (SSSR count). The second kappa shape index (κ2) is 6.30. The zero-order valence-electron chi connectivity index (χ0n) is 15.9. The second-order valence-electron chi connectivity index (χ2n) is 7.71. The first-order valence-electron chi connectivity index (χ1n) is 9.48. The number of carbonyl (C=O) groups is 1. The van der Waals surface area contributed by atoms with Crippen LogP contribution in [-0.2, 0) is 10.0 Å². The number of para-hydroxylation sites is 1. The van der Waals surface area contributed by atoms with Gasteiger partial charge in [-0.05, 0) is 37.6 Å². The monoisotopic (exact) mass is 411 g/mol. The average molecular weight is 411 g/mol. The van der Waals surface area contributed by atoms with Gasteiger partial charge in [-0.25, -0.2) is 13.4 Å². The van der Waals surface area contributed by atoms with Gasteiger partial charge in [-0.15, -0.1) is 0 Å². The third kappa shape index (κ3) is 2.80. The van der Waals surface area contributed by atoms with Crippen molar-refractivity contribution in [3.05, 3.63) is 53.6 Å². The minimum absolute atomic E-state index is 0.0396. The summed E-state index contributed by atoms with van der Waals surface area (Å²) in [5.41, 5.74) is 8.14. The number of benzene rings is 2. The summed E-state index contributed by atoms with van der Waals surface area (Å²) in [6, 6.07) is 12.2. The number of imidazole rings is 1. The maximum atomic E-state index is 13.1. The normalized spacial score (nSPS) is 21.9. The first kappa shape index (κ1) is 18.1. The number of hydrogen-bond acceptors (Lipinski definition) is 5. The van der Waals surface area contributed by atoms with E-state index >= 15 is 0 Å². The molecule has 1 aromatic heterocycles. The SMILES string of the molecule is Cc1ccc(S(=O)(=O)N2C[C@H]3C[C@H]2CN3c2nc3c(C(N)=O)cccc3[nH]2)cc1. The molecule has 3 aromatic rings. The van der Waals surface area contributed by atoms with Gasteiger partial charge < -0.3 is 15.6 Å². The van der Waals surface area contributed by atoms with E-state index in [1.54, 1.807) is 28.6 Å². The van der Waals surface area contributed by atoms with E-state index in [-0.39, 0.29) is 12.1 Å². The topological polar surface area (TPSA) is 112 Å². The van der Waals surface area contributed by atoms with E-state index in [1.165, 1.54) is 0 Å². The van der Waals surface area contributed by atoms with E-state index in [1.807, 2.05) is 25.1 Å². The molecule has 8 nitrogen and oxygen atoms in total. The van der Waals surface area contributed by atoms with Gasteiger partial charge in [0.05, 0.1) is 16.0 Å². The summed E-state index contributed by atoms with van der Waals surface area (Å²) in [7, 11) is -3.52. The first-order valence-corrected chi connectivity index (χ1v) is 10.9. The molecule has 2 atom stereocenters. The number of fused-ring (bicyclic) bond motifs is 3. The molecule has 29 heavy (non-hydrogen) atoms. The standard InChI is InChI=1S/C20H21N5O3S/c1-12-5-7-15(8-6-12)29(27,28)25-11-13-9-14(25)10-24(13)20-22-17-4-2-3-16(19(21)26)18(17)23-20/h2-8,13-14H,9-11H2,1H3,(H2,21,26)(H,22,23)/t13-,14+/m1/s1. The van der Waals surface area contributed by atoms with Crippen LogP contribution in [0.3, 0.4) is 0 Å². The minimum atomic E-state index is -3.52. The van der Waals surface area contributed by atoms with Crippen LogP contribution in [0.4, 0.5) is 5.95 Å². The third-order valence-corrected chi connectivity index (χ3v) is 7.79. The number of nitrogens with two attached hydrogens (primary N) is 1. The number of hydrogen-bond donors (Lipinski definition) is 2. The van der Waals surface area contributed by atoms with Crippen molar-refractivity contribution in [2.24, 2.45) is 5.73 Å². The number of aromatic amines is 1. The Kier molecular flexibility index (Phi) is 3.94. The van der Waals surface area contributed by atoms with Crippen molar-refractivity contribution >= 4 is 32.9 Å². The lowest BCUT2D eigenvalue weighted by Crippen LogP contribution is -2.49. The van der Waals surface area contributed by atoms with Crippen molar-refractivity contribution < 1.29 is 13.2 Å². The van der Waals surface area contributed by atoms with Crippen molar-refractivity contribution in [1.29, 1.82) is 0 Å². The Hall–Kier alpha value is -2.91. The van der Waals surface area contributed by atoms with Crippen LogP contribution in [0.25, 0.3) is 11.0 Å². The number of H-pyrrole nitrogens is 1. The second-order valence-corrected chi connectivity index (χ2v) is 9.60. The predicted molar refractivity (Wildman–Crippen MR) is 109 cm³/mol. The number of carbonyl (C=O) groups excluding carboxylic acids is 1. The zero-order chi connectivity index (χ0) is 20.3. The Balaban J connectivity index is 1.42. The molecule has 3 heterocycles. The number of rotatable bonds is 4. The Bertz CT molecular complexity index is 1220. The molecule has 2 aliphatic rings. The smallest absolute Gasteiger partial charge is 0.250 e. The van der Waals surface area contributed by atoms with Crippen LogP contribution in [0.15, 0.2) is 47.4 Å². The van der Waals surface area contributed by atoms with Gasteiger partial charge in [-0.2, -0.15) is 4.31 Å². The number of piperazine rings is 1. The highest BCUT2D eigenvalue weighted by atomic mass is 32.2. The minimum Gasteiger partial charge on any atom is -0.366 e. The van der Waals surface area contributed by atoms with E-state index in [2.05, 4.69) is 14.9 Å². The van der Waals surface area contributed by atoms with E-state index in [0.29, 0.717) is 35.0 Å². The fraction of sp³-hybridized carbons (Fsp3) is 0.300. The maximum absolute atomic E-state index is 13.1. The van der Waals surface area contributed by atoms with Gasteiger partial charge in [-0.1, -0.05) is 23.8 Å². The molecule has 3 N–H and O–H groups in total. The van der Waals surface area contributed by atoms with Gasteiger partial charge in [0.25, 0.3) is 5.91 Å². The molecule has 1 amide bonds. The molecule has 2 fully saturated rings. The van der Waals surface area contributed by atoms with Crippen LogP contribution < -0.4 is 10.6 Å². The van der Waals surface area contributed by atoms with E-state index < -0.39 is 15.9 Å². The van der Waals surface area contributed by atoms with Gasteiger partial charge in [0.1, 0.15) is 5.52 Å². The summed E-state index contributed by atoms with van der Waals surface area (Å²) >= 11 is 0. The summed E-state index contributed by atoms with van der Waals surface area (Å²) in [6.45, 7) is 2.91. The lowest BCUT2D eigenvalue weighted by atomic mass is 10.2.